The molecule has 0 radical (unpaired) electrons. The van der Waals surface area contributed by atoms with Crippen LogP contribution >= 0.6 is 21.0 Å². The minimum Gasteiger partial charge on any atom is -0.202 e. The van der Waals surface area contributed by atoms with Gasteiger partial charge in [0.2, 0.25) is 5.82 Å². The van der Waals surface area contributed by atoms with Gasteiger partial charge in [0.05, 0.1) is 0 Å². The number of hydrogen-bond acceptors (Lipinski definition) is 2. The molecule has 0 aromatic heterocycles. The van der Waals surface area contributed by atoms with Crippen LogP contribution in [-0.2, 0) is 10.0 Å². The van der Waals surface area contributed by atoms with Gasteiger partial charge in [0.25, 0.3) is 10.0 Å². The molecule has 2 aromatic carbocycles. The fraction of sp³-hybridized carbons (Fsp3) is 0. The highest BCUT2D eigenvalue weighted by molar-refractivity contribution is 14.2. The maximum atomic E-state index is 13.5. The summed E-state index contributed by atoms with van der Waals surface area (Å²) >= 11 is -1.58. The summed E-state index contributed by atoms with van der Waals surface area (Å²) in [6.45, 7) is 0. The van der Waals surface area contributed by atoms with Gasteiger partial charge in [0, 0.05) is 24.6 Å². The molecule has 0 aliphatic rings. The fourth-order valence-electron chi connectivity index (χ4n) is 1.40. The second-order valence-corrected chi connectivity index (χ2v) is 8.23. The Balaban J connectivity index is 2.58. The Labute approximate surface area is 132 Å². The first-order valence-corrected chi connectivity index (χ1v) is 8.92. The minimum absolute atomic E-state index is 0.494. The summed E-state index contributed by atoms with van der Waals surface area (Å²) < 4.78 is 93.2. The maximum absolute atomic E-state index is 13.5. The van der Waals surface area contributed by atoms with Crippen molar-refractivity contribution >= 4 is 31.1 Å². The molecule has 0 unspecified atom stereocenters. The molecule has 0 spiro atoms. The average Bonchev–Trinajstić information content (AvgIpc) is 2.50. The van der Waals surface area contributed by atoms with E-state index in [2.05, 4.69) is 2.55 Å². The van der Waals surface area contributed by atoms with Crippen LogP contribution in [0, 0.1) is 32.7 Å². The van der Waals surface area contributed by atoms with Crippen molar-refractivity contribution in [1.29, 1.82) is 0 Å². The van der Waals surface area contributed by atoms with Crippen LogP contribution in [0.1, 0.15) is 0 Å². The Morgan fingerprint density at radius 1 is 0.773 bits per heavy atom. The Bertz CT molecular complexity index is 827. The molecule has 0 fully saturated rings. The second-order valence-electron chi connectivity index (χ2n) is 3.82. The number of benzene rings is 2. The summed E-state index contributed by atoms with van der Waals surface area (Å²) in [6, 6.07) is 7.91. The van der Waals surface area contributed by atoms with Gasteiger partial charge in [-0.3, -0.25) is 0 Å². The molecule has 2 aromatic rings. The van der Waals surface area contributed by atoms with Crippen molar-refractivity contribution in [2.75, 3.05) is 0 Å². The Hall–Kier alpha value is -1.43. The summed E-state index contributed by atoms with van der Waals surface area (Å²) in [6.07, 6.45) is 0. The van der Waals surface area contributed by atoms with E-state index in [-0.39, 0.29) is 0 Å². The van der Waals surface area contributed by atoms with E-state index in [1.165, 1.54) is 12.1 Å². The van der Waals surface area contributed by atoms with E-state index >= 15 is 0 Å². The number of nitrogens with zero attached hydrogens (tertiary/aromatic N) is 1. The van der Waals surface area contributed by atoms with Gasteiger partial charge in [-0.15, -0.1) is 2.55 Å². The van der Waals surface area contributed by atoms with Gasteiger partial charge in [-0.1, -0.05) is 18.2 Å². The third-order valence-electron chi connectivity index (χ3n) is 2.38. The van der Waals surface area contributed by atoms with Gasteiger partial charge in [-0.05, 0) is 12.1 Å². The molecular weight excluding hydrogens is 444 g/mol. The molecular formula is C12H5F5INO2S. The van der Waals surface area contributed by atoms with Crippen LogP contribution in [0.4, 0.5) is 22.0 Å². The van der Waals surface area contributed by atoms with Gasteiger partial charge in [0.1, 0.15) is 0 Å². The molecule has 118 valence electrons. The molecule has 0 bridgehead atoms. The van der Waals surface area contributed by atoms with Crippen molar-refractivity contribution in [3.63, 3.8) is 0 Å². The molecule has 0 N–H and O–H groups in total. The van der Waals surface area contributed by atoms with E-state index in [0.29, 0.717) is 3.57 Å². The highest BCUT2D eigenvalue weighted by atomic mass is 127. The maximum Gasteiger partial charge on any atom is 0.293 e. The SMILES string of the molecule is O=S(=O)(N=Ic1ccccc1)c1c(F)c(F)c(F)c(F)c1F. The molecule has 0 atom stereocenters. The van der Waals surface area contributed by atoms with E-state index < -0.39 is 65.0 Å². The smallest absolute Gasteiger partial charge is 0.202 e. The van der Waals surface area contributed by atoms with E-state index in [1.54, 1.807) is 18.2 Å². The van der Waals surface area contributed by atoms with Gasteiger partial charge >= 0.3 is 0 Å². The summed E-state index contributed by atoms with van der Waals surface area (Å²) in [7, 11) is -5.00. The van der Waals surface area contributed by atoms with Crippen LogP contribution in [0.3, 0.4) is 0 Å². The van der Waals surface area contributed by atoms with Gasteiger partial charge in [-0.25, -0.2) is 22.0 Å². The van der Waals surface area contributed by atoms with Crippen molar-refractivity contribution in [3.8, 4) is 0 Å². The van der Waals surface area contributed by atoms with E-state index in [0.717, 1.165) is 0 Å². The number of halogens is 6. The van der Waals surface area contributed by atoms with Gasteiger partial charge < -0.3 is 0 Å². The number of rotatable bonds is 3. The number of sulfonamides is 1. The Kier molecular flexibility index (Phi) is 4.90. The quantitative estimate of drug-likeness (QED) is 0.307. The predicted molar refractivity (Wildman–Crippen MR) is 75.0 cm³/mol. The lowest BCUT2D eigenvalue weighted by Gasteiger charge is -2.05. The van der Waals surface area contributed by atoms with E-state index in [9.17, 15) is 30.4 Å². The van der Waals surface area contributed by atoms with Crippen LogP contribution in [0.2, 0.25) is 0 Å². The zero-order valence-corrected chi connectivity index (χ0v) is 13.3. The molecule has 2 rings (SSSR count). The molecule has 0 aliphatic heterocycles. The molecule has 0 aliphatic carbocycles. The molecule has 22 heavy (non-hydrogen) atoms. The summed E-state index contributed by atoms with van der Waals surface area (Å²) in [5.74, 6) is -11.9. The molecule has 10 heteroatoms. The zero-order valence-electron chi connectivity index (χ0n) is 10.3. The normalized spacial score (nSPS) is 12.4. The van der Waals surface area contributed by atoms with Crippen molar-refractivity contribution in [1.82, 2.24) is 0 Å². The molecule has 3 nitrogen and oxygen atoms in total. The lowest BCUT2D eigenvalue weighted by atomic mass is 10.3. The van der Waals surface area contributed by atoms with E-state index in [1.807, 2.05) is 0 Å². The van der Waals surface area contributed by atoms with Crippen molar-refractivity contribution in [2.24, 2.45) is 2.55 Å². The fourth-order valence-corrected chi connectivity index (χ4v) is 5.06. The standard InChI is InChI=1S/C12H5F5INO2S/c13-7-8(14)10(16)12(11(17)9(7)15)22(20,21)19-18-6-4-2-1-3-5-6/h1-5H. The summed E-state index contributed by atoms with van der Waals surface area (Å²) in [5, 5.41) is 0. The molecule has 0 heterocycles. The zero-order chi connectivity index (χ0) is 16.5. The lowest BCUT2D eigenvalue weighted by molar-refractivity contribution is 0.358. The van der Waals surface area contributed by atoms with Crippen LogP contribution in [0.25, 0.3) is 0 Å². The van der Waals surface area contributed by atoms with E-state index in [4.69, 9.17) is 0 Å². The van der Waals surface area contributed by atoms with Crippen molar-refractivity contribution in [2.45, 2.75) is 4.90 Å². The van der Waals surface area contributed by atoms with Crippen LogP contribution < -0.4 is 0 Å². The first kappa shape index (κ1) is 16.9. The van der Waals surface area contributed by atoms with Crippen LogP contribution in [-0.4, -0.2) is 8.42 Å². The van der Waals surface area contributed by atoms with Crippen LogP contribution in [0.5, 0.6) is 0 Å². The molecule has 0 amide bonds. The van der Waals surface area contributed by atoms with Crippen molar-refractivity contribution < 1.29 is 30.4 Å². The third-order valence-corrected chi connectivity index (χ3v) is 6.93. The Morgan fingerprint density at radius 3 is 1.73 bits per heavy atom. The highest BCUT2D eigenvalue weighted by Crippen LogP contribution is 2.29. The Morgan fingerprint density at radius 2 is 1.23 bits per heavy atom. The topological polar surface area (TPSA) is 46.5 Å². The van der Waals surface area contributed by atoms with Crippen molar-refractivity contribution in [3.05, 3.63) is 63.0 Å². The average molecular weight is 449 g/mol. The monoisotopic (exact) mass is 449 g/mol. The summed E-state index contributed by atoms with van der Waals surface area (Å²) in [5.41, 5.74) is 0. The molecule has 0 saturated carbocycles. The minimum atomic E-state index is -5.00. The largest absolute Gasteiger partial charge is 0.293 e. The van der Waals surface area contributed by atoms with Gasteiger partial charge in [-0.2, -0.15) is 8.42 Å². The first-order chi connectivity index (χ1) is 10.3. The predicted octanol–water partition coefficient (Wildman–Crippen LogP) is 4.09. The van der Waals surface area contributed by atoms with Crippen LogP contribution in [0.15, 0.2) is 37.8 Å². The molecule has 0 saturated heterocycles. The number of hydrogen-bond donors (Lipinski definition) is 0. The highest BCUT2D eigenvalue weighted by Gasteiger charge is 2.33. The second kappa shape index (κ2) is 6.36. The lowest BCUT2D eigenvalue weighted by Crippen LogP contribution is -2.10. The first-order valence-electron chi connectivity index (χ1n) is 5.43. The van der Waals surface area contributed by atoms with Gasteiger partial charge in [0.15, 0.2) is 28.2 Å². The summed E-state index contributed by atoms with van der Waals surface area (Å²) in [4.78, 5) is -1.93. The third kappa shape index (κ3) is 3.16.